The fourth-order valence-electron chi connectivity index (χ4n) is 3.60. The molecule has 3 amide bonds. The third-order valence-corrected chi connectivity index (χ3v) is 5.12. The molecule has 180 valence electrons. The Morgan fingerprint density at radius 2 is 1.63 bits per heavy atom. The Hall–Kier alpha value is -4.53. The first-order valence-corrected chi connectivity index (χ1v) is 11.0. The first kappa shape index (κ1) is 23.6. The lowest BCUT2D eigenvalue weighted by atomic mass is 10.1. The van der Waals surface area contributed by atoms with Gasteiger partial charge in [-0.15, -0.1) is 0 Å². The van der Waals surface area contributed by atoms with Crippen molar-refractivity contribution in [1.29, 1.82) is 0 Å². The summed E-state index contributed by atoms with van der Waals surface area (Å²) in [4.78, 5) is 37.2. The van der Waals surface area contributed by atoms with Crippen LogP contribution in [-0.2, 0) is 9.53 Å². The molecule has 0 atom stereocenters. The molecule has 3 aromatic carbocycles. The zero-order chi connectivity index (χ0) is 24.9. The fraction of sp³-hybridized carbons (Fsp3) is 0.192. The normalized spacial score (nSPS) is 10.9. The van der Waals surface area contributed by atoms with Crippen LogP contribution >= 0.6 is 0 Å². The molecular weight excluding hydrogens is 450 g/mol. The number of amides is 3. The minimum atomic E-state index is -0.750. The predicted octanol–water partition coefficient (Wildman–Crippen LogP) is 4.92. The van der Waals surface area contributed by atoms with E-state index in [1.165, 1.54) is 13.2 Å². The molecule has 1 aromatic heterocycles. The molecule has 4 rings (SSSR count). The van der Waals surface area contributed by atoms with E-state index in [-0.39, 0.29) is 17.3 Å². The van der Waals surface area contributed by atoms with E-state index in [1.807, 2.05) is 38.1 Å². The Morgan fingerprint density at radius 1 is 0.886 bits per heavy atom. The molecule has 4 aromatic rings. The lowest BCUT2D eigenvalue weighted by Crippen LogP contribution is -2.34. The first-order valence-electron chi connectivity index (χ1n) is 11.0. The summed E-state index contributed by atoms with van der Waals surface area (Å²) in [6.45, 7) is 3.10. The number of rotatable bonds is 7. The second-order valence-corrected chi connectivity index (χ2v) is 8.07. The largest absolute Gasteiger partial charge is 0.495 e. The lowest BCUT2D eigenvalue weighted by molar-refractivity contribution is -0.119. The van der Waals surface area contributed by atoms with Crippen LogP contribution in [0.1, 0.15) is 24.2 Å². The van der Waals surface area contributed by atoms with Crippen LogP contribution in [0.2, 0.25) is 0 Å². The number of nitrogens with one attached hydrogen (secondary N) is 3. The number of carbonyl (C=O) groups excluding carboxylic acids is 3. The zero-order valence-corrected chi connectivity index (χ0v) is 19.5. The molecule has 0 aliphatic rings. The summed E-state index contributed by atoms with van der Waals surface area (Å²) in [5, 5.41) is 9.77. The smallest absolute Gasteiger partial charge is 0.340 e. The van der Waals surface area contributed by atoms with E-state index in [0.717, 1.165) is 16.4 Å². The maximum absolute atomic E-state index is 12.6. The topological polar surface area (TPSA) is 119 Å². The molecule has 35 heavy (non-hydrogen) atoms. The highest BCUT2D eigenvalue weighted by Crippen LogP contribution is 2.36. The van der Waals surface area contributed by atoms with E-state index in [9.17, 15) is 14.4 Å². The summed E-state index contributed by atoms with van der Waals surface area (Å²) in [6.07, 6.45) is 0. The van der Waals surface area contributed by atoms with Gasteiger partial charge in [-0.1, -0.05) is 30.3 Å². The van der Waals surface area contributed by atoms with Gasteiger partial charge in [0.1, 0.15) is 16.9 Å². The van der Waals surface area contributed by atoms with E-state index in [1.54, 1.807) is 30.3 Å². The van der Waals surface area contributed by atoms with Crippen LogP contribution in [0.15, 0.2) is 65.1 Å². The number of anilines is 2. The lowest BCUT2D eigenvalue weighted by Gasteiger charge is -2.13. The van der Waals surface area contributed by atoms with Crippen LogP contribution < -0.4 is 20.7 Å². The number of ether oxygens (including phenoxy) is 2. The Morgan fingerprint density at radius 3 is 2.40 bits per heavy atom. The number of benzene rings is 3. The molecular formula is C26H25N3O6. The Labute approximate surface area is 201 Å². The quantitative estimate of drug-likeness (QED) is 0.327. The second-order valence-electron chi connectivity index (χ2n) is 8.07. The van der Waals surface area contributed by atoms with Gasteiger partial charge in [-0.25, -0.2) is 9.59 Å². The van der Waals surface area contributed by atoms with Crippen LogP contribution in [-0.4, -0.2) is 37.7 Å². The standard InChI is InChI=1S/C26H25N3O6/c1-15(2)27-26(32)29-19-10-6-4-9-17(19)25(31)34-14-24(30)28-20-13-22-18(12-23(20)33-3)16-8-5-7-11-21(16)35-22/h4-13,15H,14H2,1-3H3,(H,28,30)(H2,27,29,32). The SMILES string of the molecule is COc1cc2c(cc1NC(=O)COC(=O)c1ccccc1NC(=O)NC(C)C)oc1ccccc12. The van der Waals surface area contributed by atoms with Crippen molar-refractivity contribution < 1.29 is 28.3 Å². The Bertz CT molecular complexity index is 1410. The van der Waals surface area contributed by atoms with Crippen molar-refractivity contribution in [1.82, 2.24) is 5.32 Å². The summed E-state index contributed by atoms with van der Waals surface area (Å²) in [5.74, 6) is -0.871. The van der Waals surface area contributed by atoms with Crippen molar-refractivity contribution in [2.45, 2.75) is 19.9 Å². The molecule has 0 saturated carbocycles. The highest BCUT2D eigenvalue weighted by Gasteiger charge is 2.18. The van der Waals surface area contributed by atoms with E-state index in [2.05, 4.69) is 16.0 Å². The number of hydrogen-bond acceptors (Lipinski definition) is 6. The highest BCUT2D eigenvalue weighted by molar-refractivity contribution is 6.08. The molecule has 0 saturated heterocycles. The van der Waals surface area contributed by atoms with E-state index in [0.29, 0.717) is 17.0 Å². The third-order valence-electron chi connectivity index (χ3n) is 5.12. The predicted molar refractivity (Wildman–Crippen MR) is 133 cm³/mol. The van der Waals surface area contributed by atoms with E-state index < -0.39 is 24.5 Å². The van der Waals surface area contributed by atoms with Crippen molar-refractivity contribution in [2.75, 3.05) is 24.4 Å². The van der Waals surface area contributed by atoms with Gasteiger partial charge in [0.25, 0.3) is 5.91 Å². The average Bonchev–Trinajstić information content (AvgIpc) is 3.19. The van der Waals surface area contributed by atoms with Gasteiger partial charge >= 0.3 is 12.0 Å². The number of methoxy groups -OCH3 is 1. The summed E-state index contributed by atoms with van der Waals surface area (Å²) >= 11 is 0. The van der Waals surface area contributed by atoms with Gasteiger partial charge in [-0.05, 0) is 38.1 Å². The number of para-hydroxylation sites is 2. The van der Waals surface area contributed by atoms with Crippen molar-refractivity contribution in [3.63, 3.8) is 0 Å². The number of hydrogen-bond donors (Lipinski definition) is 3. The minimum absolute atomic E-state index is 0.0754. The van der Waals surface area contributed by atoms with Gasteiger partial charge in [0.15, 0.2) is 6.61 Å². The monoisotopic (exact) mass is 475 g/mol. The van der Waals surface area contributed by atoms with E-state index >= 15 is 0 Å². The second kappa shape index (κ2) is 10.2. The molecule has 0 aliphatic carbocycles. The molecule has 0 radical (unpaired) electrons. The number of furan rings is 1. The Balaban J connectivity index is 1.45. The fourth-order valence-corrected chi connectivity index (χ4v) is 3.60. The summed E-state index contributed by atoms with van der Waals surface area (Å²) in [6, 6.07) is 16.9. The third kappa shape index (κ3) is 5.35. The zero-order valence-electron chi connectivity index (χ0n) is 19.5. The molecule has 0 bridgehead atoms. The number of fused-ring (bicyclic) bond motifs is 3. The van der Waals surface area contributed by atoms with Crippen LogP contribution in [0, 0.1) is 0 Å². The maximum atomic E-state index is 12.6. The molecule has 0 spiro atoms. The van der Waals surface area contributed by atoms with Gasteiger partial charge in [0.2, 0.25) is 0 Å². The van der Waals surface area contributed by atoms with Gasteiger partial charge in [-0.3, -0.25) is 4.79 Å². The number of esters is 1. The van der Waals surface area contributed by atoms with Crippen LogP contribution in [0.25, 0.3) is 21.9 Å². The van der Waals surface area contributed by atoms with Gasteiger partial charge in [0.05, 0.1) is 24.0 Å². The molecule has 9 heteroatoms. The number of carbonyl (C=O) groups is 3. The van der Waals surface area contributed by atoms with Gasteiger partial charge < -0.3 is 29.8 Å². The molecule has 1 heterocycles. The van der Waals surface area contributed by atoms with Crippen molar-refractivity contribution in [3.8, 4) is 5.75 Å². The maximum Gasteiger partial charge on any atom is 0.340 e. The highest BCUT2D eigenvalue weighted by atomic mass is 16.5. The minimum Gasteiger partial charge on any atom is -0.495 e. The molecule has 0 aliphatic heterocycles. The van der Waals surface area contributed by atoms with Gasteiger partial charge in [0, 0.05) is 22.9 Å². The summed E-state index contributed by atoms with van der Waals surface area (Å²) in [5.41, 5.74) is 2.08. The first-order chi connectivity index (χ1) is 16.9. The molecule has 3 N–H and O–H groups in total. The summed E-state index contributed by atoms with van der Waals surface area (Å²) < 4.78 is 16.5. The van der Waals surface area contributed by atoms with Crippen molar-refractivity contribution in [2.24, 2.45) is 0 Å². The average molecular weight is 476 g/mol. The van der Waals surface area contributed by atoms with Crippen LogP contribution in [0.5, 0.6) is 5.75 Å². The molecule has 9 nitrogen and oxygen atoms in total. The van der Waals surface area contributed by atoms with Crippen LogP contribution in [0.3, 0.4) is 0 Å². The molecule has 0 fully saturated rings. The Kier molecular flexibility index (Phi) is 6.86. The number of urea groups is 1. The van der Waals surface area contributed by atoms with Crippen molar-refractivity contribution in [3.05, 3.63) is 66.2 Å². The van der Waals surface area contributed by atoms with Gasteiger partial charge in [-0.2, -0.15) is 0 Å². The van der Waals surface area contributed by atoms with Crippen LogP contribution in [0.4, 0.5) is 16.2 Å². The molecule has 0 unspecified atom stereocenters. The van der Waals surface area contributed by atoms with E-state index in [4.69, 9.17) is 13.9 Å². The van der Waals surface area contributed by atoms with Crippen molar-refractivity contribution >= 4 is 51.2 Å². The summed E-state index contributed by atoms with van der Waals surface area (Å²) in [7, 11) is 1.50.